The molecule has 2 heterocycles. The van der Waals surface area contributed by atoms with Crippen molar-refractivity contribution in [2.75, 3.05) is 20.1 Å². The van der Waals surface area contributed by atoms with E-state index in [1.165, 1.54) is 10.4 Å². The number of piperidine rings is 1. The molecule has 7 heteroatoms. The van der Waals surface area contributed by atoms with E-state index in [4.69, 9.17) is 0 Å². The lowest BCUT2D eigenvalue weighted by Crippen LogP contribution is -2.36. The van der Waals surface area contributed by atoms with Gasteiger partial charge in [0.05, 0.1) is 16.6 Å². The van der Waals surface area contributed by atoms with Crippen LogP contribution in [0.15, 0.2) is 83.9 Å². The molecule has 3 aromatic rings. The summed E-state index contributed by atoms with van der Waals surface area (Å²) in [6, 6.07) is 21.3. The molecule has 1 unspecified atom stereocenters. The summed E-state index contributed by atoms with van der Waals surface area (Å²) < 4.78 is 27.7. The third-order valence-corrected chi connectivity index (χ3v) is 7.72. The van der Waals surface area contributed by atoms with Gasteiger partial charge in [-0.1, -0.05) is 48.9 Å². The Hall–Kier alpha value is -3.03. The fourth-order valence-corrected chi connectivity index (χ4v) is 5.69. The zero-order valence-corrected chi connectivity index (χ0v) is 18.9. The molecule has 6 nitrogen and oxygen atoms in total. The van der Waals surface area contributed by atoms with E-state index in [-0.39, 0.29) is 10.8 Å². The summed E-state index contributed by atoms with van der Waals surface area (Å²) in [6.07, 6.45) is 4.48. The molecule has 166 valence electrons. The Labute approximate surface area is 189 Å². The molecule has 1 aromatic heterocycles. The summed E-state index contributed by atoms with van der Waals surface area (Å²) in [5.41, 5.74) is 2.01. The van der Waals surface area contributed by atoms with Crippen LogP contribution in [0.5, 0.6) is 0 Å². The van der Waals surface area contributed by atoms with Crippen molar-refractivity contribution in [3.63, 3.8) is 0 Å². The zero-order valence-electron chi connectivity index (χ0n) is 18.1. The van der Waals surface area contributed by atoms with Crippen LogP contribution < -0.4 is 0 Å². The van der Waals surface area contributed by atoms with Crippen LogP contribution in [0.4, 0.5) is 0 Å². The van der Waals surface area contributed by atoms with Crippen molar-refractivity contribution in [3.8, 4) is 0 Å². The first-order chi connectivity index (χ1) is 15.5. The van der Waals surface area contributed by atoms with E-state index in [1.807, 2.05) is 48.5 Å². The number of pyridine rings is 1. The molecular weight excluding hydrogens is 422 g/mol. The van der Waals surface area contributed by atoms with E-state index in [0.29, 0.717) is 18.7 Å². The summed E-state index contributed by atoms with van der Waals surface area (Å²) in [4.78, 5) is 19.7. The Balaban J connectivity index is 1.66. The lowest BCUT2D eigenvalue weighted by molar-refractivity contribution is 0.0752. The first-order valence-electron chi connectivity index (χ1n) is 10.8. The molecule has 1 aliphatic rings. The third-order valence-electron chi connectivity index (χ3n) is 5.82. The van der Waals surface area contributed by atoms with Gasteiger partial charge in [0.25, 0.3) is 5.91 Å². The molecular formula is C25H27N3O3S. The molecule has 0 aliphatic carbocycles. The van der Waals surface area contributed by atoms with Crippen molar-refractivity contribution in [2.45, 2.75) is 30.2 Å². The normalized spacial score (nSPS) is 15.8. The lowest BCUT2D eigenvalue weighted by Gasteiger charge is -2.29. The fourth-order valence-electron chi connectivity index (χ4n) is 4.13. The number of carbonyl (C=O) groups excluding carboxylic acids is 1. The van der Waals surface area contributed by atoms with Crippen LogP contribution in [0.3, 0.4) is 0 Å². The Morgan fingerprint density at radius 1 is 0.938 bits per heavy atom. The number of sulfonamides is 1. The predicted molar refractivity (Wildman–Crippen MR) is 124 cm³/mol. The van der Waals surface area contributed by atoms with Crippen LogP contribution in [-0.2, 0) is 10.0 Å². The highest BCUT2D eigenvalue weighted by Crippen LogP contribution is 2.28. The van der Waals surface area contributed by atoms with Crippen molar-refractivity contribution >= 4 is 15.9 Å². The molecule has 1 aliphatic heterocycles. The molecule has 1 atom stereocenters. The van der Waals surface area contributed by atoms with Crippen molar-refractivity contribution in [1.82, 2.24) is 14.2 Å². The van der Waals surface area contributed by atoms with Gasteiger partial charge in [-0.3, -0.25) is 9.78 Å². The standard InChI is InChI=1S/C25H27N3O3S/c1-27(24(20-11-4-2-5-12-20)23-15-6-7-16-26-23)25(29)21-13-10-14-22(19-21)32(30,31)28-17-8-3-9-18-28/h2,4-7,10-16,19,24H,3,8-9,17-18H2,1H3. The molecule has 1 fully saturated rings. The molecule has 2 aromatic carbocycles. The van der Waals surface area contributed by atoms with Crippen LogP contribution >= 0.6 is 0 Å². The van der Waals surface area contributed by atoms with Crippen LogP contribution in [0.2, 0.25) is 0 Å². The summed E-state index contributed by atoms with van der Waals surface area (Å²) >= 11 is 0. The van der Waals surface area contributed by atoms with Gasteiger partial charge in [0, 0.05) is 31.9 Å². The molecule has 32 heavy (non-hydrogen) atoms. The van der Waals surface area contributed by atoms with Gasteiger partial charge in [0.15, 0.2) is 0 Å². The average molecular weight is 450 g/mol. The maximum absolute atomic E-state index is 13.5. The number of amides is 1. The number of hydrogen-bond acceptors (Lipinski definition) is 4. The van der Waals surface area contributed by atoms with Crippen LogP contribution in [0.25, 0.3) is 0 Å². The van der Waals surface area contributed by atoms with Gasteiger partial charge in [-0.2, -0.15) is 4.31 Å². The monoisotopic (exact) mass is 449 g/mol. The third kappa shape index (κ3) is 4.59. The van der Waals surface area contributed by atoms with Crippen LogP contribution in [0, 0.1) is 0 Å². The van der Waals surface area contributed by atoms with E-state index in [0.717, 1.165) is 30.5 Å². The maximum Gasteiger partial charge on any atom is 0.254 e. The minimum atomic E-state index is -3.62. The second-order valence-corrected chi connectivity index (χ2v) is 9.91. The smallest absolute Gasteiger partial charge is 0.254 e. The van der Waals surface area contributed by atoms with E-state index in [1.54, 1.807) is 36.3 Å². The number of nitrogens with zero attached hydrogens (tertiary/aromatic N) is 3. The fraction of sp³-hybridized carbons (Fsp3) is 0.280. The summed E-state index contributed by atoms with van der Waals surface area (Å²) in [5, 5.41) is 0. The SMILES string of the molecule is CN(C(=O)c1cccc(S(=O)(=O)N2CCCCC2)c1)C(c1ccccc1)c1ccccn1. The Kier molecular flexibility index (Phi) is 6.67. The van der Waals surface area contributed by atoms with Crippen LogP contribution in [-0.4, -0.2) is 48.7 Å². The van der Waals surface area contributed by atoms with E-state index >= 15 is 0 Å². The van der Waals surface area contributed by atoms with Gasteiger partial charge in [-0.15, -0.1) is 0 Å². The number of rotatable bonds is 6. The predicted octanol–water partition coefficient (Wildman–Crippen LogP) is 4.12. The molecule has 1 amide bonds. The lowest BCUT2D eigenvalue weighted by atomic mass is 10.0. The second kappa shape index (κ2) is 9.63. The molecule has 0 N–H and O–H groups in total. The van der Waals surface area contributed by atoms with E-state index in [9.17, 15) is 13.2 Å². The van der Waals surface area contributed by atoms with Crippen molar-refractivity contribution in [2.24, 2.45) is 0 Å². The van der Waals surface area contributed by atoms with Crippen molar-refractivity contribution in [1.29, 1.82) is 0 Å². The van der Waals surface area contributed by atoms with E-state index in [2.05, 4.69) is 4.98 Å². The number of benzene rings is 2. The molecule has 0 radical (unpaired) electrons. The second-order valence-electron chi connectivity index (χ2n) is 7.98. The van der Waals surface area contributed by atoms with Gasteiger partial charge in [0.1, 0.15) is 0 Å². The van der Waals surface area contributed by atoms with E-state index < -0.39 is 16.1 Å². The molecule has 0 bridgehead atoms. The average Bonchev–Trinajstić information content (AvgIpc) is 2.85. The van der Waals surface area contributed by atoms with Crippen LogP contribution in [0.1, 0.15) is 46.9 Å². The van der Waals surface area contributed by atoms with Crippen molar-refractivity contribution < 1.29 is 13.2 Å². The summed E-state index contributed by atoms with van der Waals surface area (Å²) in [6.45, 7) is 1.05. The number of carbonyl (C=O) groups is 1. The largest absolute Gasteiger partial charge is 0.329 e. The van der Waals surface area contributed by atoms with Crippen molar-refractivity contribution in [3.05, 3.63) is 95.8 Å². The summed E-state index contributed by atoms with van der Waals surface area (Å²) in [7, 11) is -1.90. The molecule has 4 rings (SSSR count). The number of aromatic nitrogens is 1. The van der Waals surface area contributed by atoms with Gasteiger partial charge < -0.3 is 4.90 Å². The molecule has 0 saturated carbocycles. The van der Waals surface area contributed by atoms with Gasteiger partial charge in [-0.25, -0.2) is 8.42 Å². The quantitative estimate of drug-likeness (QED) is 0.568. The maximum atomic E-state index is 13.5. The Morgan fingerprint density at radius 3 is 2.34 bits per heavy atom. The van der Waals surface area contributed by atoms with Gasteiger partial charge >= 0.3 is 0 Å². The first-order valence-corrected chi connectivity index (χ1v) is 12.3. The highest BCUT2D eigenvalue weighted by atomic mass is 32.2. The zero-order chi connectivity index (χ0) is 22.6. The molecule has 0 spiro atoms. The highest BCUT2D eigenvalue weighted by Gasteiger charge is 2.29. The Bertz CT molecular complexity index is 1120. The number of hydrogen-bond donors (Lipinski definition) is 0. The highest BCUT2D eigenvalue weighted by molar-refractivity contribution is 7.89. The van der Waals surface area contributed by atoms with Gasteiger partial charge in [-0.05, 0) is 48.7 Å². The molecule has 1 saturated heterocycles. The minimum Gasteiger partial charge on any atom is -0.329 e. The Morgan fingerprint density at radius 2 is 1.66 bits per heavy atom. The van der Waals surface area contributed by atoms with Gasteiger partial charge in [0.2, 0.25) is 10.0 Å². The first kappa shape index (κ1) is 22.2. The topological polar surface area (TPSA) is 70.6 Å². The minimum absolute atomic E-state index is 0.160. The summed E-state index contributed by atoms with van der Waals surface area (Å²) in [5.74, 6) is -0.264.